The average molecular weight is 251 g/mol. The molecule has 0 aliphatic carbocycles. The second kappa shape index (κ2) is 4.94. The first-order valence-corrected chi connectivity index (χ1v) is 6.04. The Kier molecular flexibility index (Phi) is 3.52. The quantitative estimate of drug-likeness (QED) is 0.848. The van der Waals surface area contributed by atoms with Crippen LogP contribution in [0.5, 0.6) is 0 Å². The number of hydrogen-bond donors (Lipinski definition) is 2. The van der Waals surface area contributed by atoms with Crippen LogP contribution < -0.4 is 11.1 Å². The lowest BCUT2D eigenvalue weighted by molar-refractivity contribution is -0.123. The van der Waals surface area contributed by atoms with Crippen molar-refractivity contribution in [1.82, 2.24) is 4.90 Å². The Labute approximate surface area is 106 Å². The number of nitrogens with two attached hydrogens (primary N) is 1. The van der Waals surface area contributed by atoms with Gasteiger partial charge in [-0.25, -0.2) is 4.39 Å². The van der Waals surface area contributed by atoms with Crippen LogP contribution in [-0.4, -0.2) is 36.5 Å². The maximum Gasteiger partial charge on any atom is 0.244 e. The zero-order valence-electron chi connectivity index (χ0n) is 10.4. The Morgan fingerprint density at radius 2 is 2.33 bits per heavy atom. The number of nitrogens with one attached hydrogen (secondary N) is 1. The molecule has 98 valence electrons. The van der Waals surface area contributed by atoms with Gasteiger partial charge in [0.2, 0.25) is 5.91 Å². The topological polar surface area (TPSA) is 58.4 Å². The maximum absolute atomic E-state index is 13.2. The van der Waals surface area contributed by atoms with Gasteiger partial charge in [-0.1, -0.05) is 6.07 Å². The van der Waals surface area contributed by atoms with Gasteiger partial charge in [0.1, 0.15) is 11.4 Å². The average Bonchev–Trinajstić information content (AvgIpc) is 2.28. The predicted octanol–water partition coefficient (Wildman–Crippen LogP) is 1.19. The first-order valence-electron chi connectivity index (χ1n) is 6.04. The van der Waals surface area contributed by atoms with E-state index in [4.69, 9.17) is 5.73 Å². The van der Waals surface area contributed by atoms with Crippen LogP contribution in [0.1, 0.15) is 12.8 Å². The van der Waals surface area contributed by atoms with Crippen LogP contribution in [-0.2, 0) is 4.79 Å². The molecule has 1 aliphatic rings. The number of carbonyl (C=O) groups excluding carboxylic acids is 1. The predicted molar refractivity (Wildman–Crippen MR) is 68.7 cm³/mol. The number of amides is 1. The molecule has 4 nitrogen and oxygen atoms in total. The molecule has 1 aromatic carbocycles. The molecule has 0 spiro atoms. The van der Waals surface area contributed by atoms with E-state index in [1.807, 2.05) is 7.05 Å². The third-order valence-electron chi connectivity index (χ3n) is 3.36. The summed E-state index contributed by atoms with van der Waals surface area (Å²) in [5.74, 6) is -0.720. The Hall–Kier alpha value is -1.62. The number of primary amides is 1. The van der Waals surface area contributed by atoms with Gasteiger partial charge < -0.3 is 16.0 Å². The minimum atomic E-state index is -0.805. The van der Waals surface area contributed by atoms with E-state index < -0.39 is 11.4 Å². The number of nitrogens with zero attached hydrogens (tertiary/aromatic N) is 1. The monoisotopic (exact) mass is 251 g/mol. The van der Waals surface area contributed by atoms with Crippen LogP contribution in [0.4, 0.5) is 10.1 Å². The molecule has 0 aromatic heterocycles. The summed E-state index contributed by atoms with van der Waals surface area (Å²) < 4.78 is 13.2. The Balaban J connectivity index is 2.23. The van der Waals surface area contributed by atoms with Crippen molar-refractivity contribution in [3.8, 4) is 0 Å². The molecule has 0 bridgehead atoms. The highest BCUT2D eigenvalue weighted by atomic mass is 19.1. The summed E-state index contributed by atoms with van der Waals surface area (Å²) in [5.41, 5.74) is 5.31. The fraction of sp³-hybridized carbons (Fsp3) is 0.462. The van der Waals surface area contributed by atoms with Gasteiger partial charge in [0.25, 0.3) is 0 Å². The molecule has 2 rings (SSSR count). The normalized spacial score (nSPS) is 24.8. The van der Waals surface area contributed by atoms with Crippen molar-refractivity contribution in [2.24, 2.45) is 5.73 Å². The summed E-state index contributed by atoms with van der Waals surface area (Å²) in [6, 6.07) is 6.09. The standard InChI is InChI=1S/C13H18FN3O/c1-17-7-3-6-13(9-17,12(15)18)16-11-5-2-4-10(14)8-11/h2,4-5,8,16H,3,6-7,9H2,1H3,(H2,15,18). The molecule has 18 heavy (non-hydrogen) atoms. The van der Waals surface area contributed by atoms with Crippen molar-refractivity contribution in [1.29, 1.82) is 0 Å². The molecule has 1 amide bonds. The highest BCUT2D eigenvalue weighted by Gasteiger charge is 2.39. The Bertz CT molecular complexity index is 452. The lowest BCUT2D eigenvalue weighted by atomic mass is 9.88. The van der Waals surface area contributed by atoms with Gasteiger partial charge in [0.05, 0.1) is 0 Å². The SMILES string of the molecule is CN1CCCC(Nc2cccc(F)c2)(C(N)=O)C1. The number of carbonyl (C=O) groups is 1. The van der Waals surface area contributed by atoms with Crippen molar-refractivity contribution < 1.29 is 9.18 Å². The molecule has 5 heteroatoms. The van der Waals surface area contributed by atoms with E-state index in [2.05, 4.69) is 10.2 Å². The molecule has 3 N–H and O–H groups in total. The number of piperidine rings is 1. The summed E-state index contributed by atoms with van der Waals surface area (Å²) in [7, 11) is 1.95. The zero-order chi connectivity index (χ0) is 13.2. The second-order valence-electron chi connectivity index (χ2n) is 4.92. The summed E-state index contributed by atoms with van der Waals surface area (Å²) >= 11 is 0. The molecule has 1 fully saturated rings. The Morgan fingerprint density at radius 3 is 2.94 bits per heavy atom. The number of benzene rings is 1. The van der Waals surface area contributed by atoms with Crippen LogP contribution in [0.25, 0.3) is 0 Å². The first kappa shape index (κ1) is 12.8. The molecular formula is C13H18FN3O. The molecule has 1 heterocycles. The van der Waals surface area contributed by atoms with Crippen molar-refractivity contribution in [2.75, 3.05) is 25.5 Å². The van der Waals surface area contributed by atoms with Crippen molar-refractivity contribution >= 4 is 11.6 Å². The highest BCUT2D eigenvalue weighted by Crippen LogP contribution is 2.25. The molecule has 0 saturated carbocycles. The number of anilines is 1. The van der Waals surface area contributed by atoms with Crippen LogP contribution in [0.3, 0.4) is 0 Å². The van der Waals surface area contributed by atoms with Gasteiger partial charge in [-0.2, -0.15) is 0 Å². The second-order valence-corrected chi connectivity index (χ2v) is 4.92. The van der Waals surface area contributed by atoms with E-state index in [1.165, 1.54) is 12.1 Å². The minimum absolute atomic E-state index is 0.330. The third-order valence-corrected chi connectivity index (χ3v) is 3.36. The van der Waals surface area contributed by atoms with E-state index in [0.29, 0.717) is 18.7 Å². The van der Waals surface area contributed by atoms with Gasteiger partial charge in [-0.15, -0.1) is 0 Å². The molecule has 1 aromatic rings. The van der Waals surface area contributed by atoms with Gasteiger partial charge >= 0.3 is 0 Å². The largest absolute Gasteiger partial charge is 0.370 e. The fourth-order valence-corrected chi connectivity index (χ4v) is 2.48. The fourth-order valence-electron chi connectivity index (χ4n) is 2.48. The highest BCUT2D eigenvalue weighted by molar-refractivity contribution is 5.88. The van der Waals surface area contributed by atoms with Gasteiger partial charge in [-0.3, -0.25) is 4.79 Å². The maximum atomic E-state index is 13.2. The van der Waals surface area contributed by atoms with Gasteiger partial charge in [0.15, 0.2) is 0 Å². The van der Waals surface area contributed by atoms with Gasteiger partial charge in [-0.05, 0) is 44.6 Å². The number of likely N-dealkylation sites (N-methyl/N-ethyl adjacent to an activating group) is 1. The summed E-state index contributed by atoms with van der Waals surface area (Å²) in [4.78, 5) is 13.8. The van der Waals surface area contributed by atoms with E-state index >= 15 is 0 Å². The van der Waals surface area contributed by atoms with Crippen LogP contribution in [0, 0.1) is 5.82 Å². The zero-order valence-corrected chi connectivity index (χ0v) is 10.4. The molecular weight excluding hydrogens is 233 g/mol. The number of hydrogen-bond acceptors (Lipinski definition) is 3. The first-order chi connectivity index (χ1) is 8.52. The smallest absolute Gasteiger partial charge is 0.244 e. The van der Waals surface area contributed by atoms with E-state index in [-0.39, 0.29) is 5.82 Å². The number of halogens is 1. The molecule has 1 aliphatic heterocycles. The molecule has 0 radical (unpaired) electrons. The van der Waals surface area contributed by atoms with Crippen LogP contribution in [0.15, 0.2) is 24.3 Å². The molecule has 1 unspecified atom stereocenters. The lowest BCUT2D eigenvalue weighted by Gasteiger charge is -2.40. The molecule has 1 atom stereocenters. The number of likely N-dealkylation sites (tertiary alicyclic amines) is 1. The summed E-state index contributed by atoms with van der Waals surface area (Å²) in [6.07, 6.45) is 1.56. The third kappa shape index (κ3) is 2.61. The van der Waals surface area contributed by atoms with E-state index in [9.17, 15) is 9.18 Å². The van der Waals surface area contributed by atoms with E-state index in [0.717, 1.165) is 13.0 Å². The Morgan fingerprint density at radius 1 is 1.56 bits per heavy atom. The van der Waals surface area contributed by atoms with E-state index in [1.54, 1.807) is 12.1 Å². The van der Waals surface area contributed by atoms with Crippen LogP contribution >= 0.6 is 0 Å². The lowest BCUT2D eigenvalue weighted by Crippen LogP contribution is -2.59. The summed E-state index contributed by atoms with van der Waals surface area (Å²) in [6.45, 7) is 1.48. The van der Waals surface area contributed by atoms with Crippen molar-refractivity contribution in [3.63, 3.8) is 0 Å². The minimum Gasteiger partial charge on any atom is -0.370 e. The van der Waals surface area contributed by atoms with Gasteiger partial charge in [0, 0.05) is 12.2 Å². The van der Waals surface area contributed by atoms with Crippen LogP contribution in [0.2, 0.25) is 0 Å². The van der Waals surface area contributed by atoms with Crippen molar-refractivity contribution in [3.05, 3.63) is 30.1 Å². The number of rotatable bonds is 3. The molecule has 1 saturated heterocycles. The van der Waals surface area contributed by atoms with Crippen molar-refractivity contribution in [2.45, 2.75) is 18.4 Å². The summed E-state index contributed by atoms with van der Waals surface area (Å²) in [5, 5.41) is 3.11.